The standard InChI is InChI=1S/C12H8BrClOS/c1-7-8(3-2-4-9(7)14)12(15)10-5-6-11(13)16-10/h2-6H,1H3. The number of carbonyl (C=O) groups is 1. The van der Waals surface area contributed by atoms with Gasteiger partial charge in [-0.3, -0.25) is 4.79 Å². The Morgan fingerprint density at radius 1 is 1.31 bits per heavy atom. The highest BCUT2D eigenvalue weighted by molar-refractivity contribution is 9.11. The predicted octanol–water partition coefficient (Wildman–Crippen LogP) is 4.70. The molecule has 0 N–H and O–H groups in total. The van der Waals surface area contributed by atoms with Gasteiger partial charge in [0, 0.05) is 10.6 Å². The van der Waals surface area contributed by atoms with Crippen LogP contribution in [0.1, 0.15) is 20.8 Å². The van der Waals surface area contributed by atoms with Gasteiger partial charge in [-0.15, -0.1) is 11.3 Å². The average Bonchev–Trinajstić information content (AvgIpc) is 2.68. The molecule has 0 radical (unpaired) electrons. The molecule has 0 fully saturated rings. The molecule has 82 valence electrons. The van der Waals surface area contributed by atoms with Crippen LogP contribution in [0.5, 0.6) is 0 Å². The highest BCUT2D eigenvalue weighted by Crippen LogP contribution is 2.27. The minimum absolute atomic E-state index is 0.0238. The molecule has 0 saturated carbocycles. The van der Waals surface area contributed by atoms with Crippen molar-refractivity contribution < 1.29 is 4.79 Å². The summed E-state index contributed by atoms with van der Waals surface area (Å²) in [5.74, 6) is 0.0238. The number of halogens is 2. The molecule has 0 spiro atoms. The molecule has 1 aromatic heterocycles. The van der Waals surface area contributed by atoms with Crippen molar-refractivity contribution in [3.05, 3.63) is 55.1 Å². The van der Waals surface area contributed by atoms with E-state index in [-0.39, 0.29) is 5.78 Å². The molecule has 0 bridgehead atoms. The van der Waals surface area contributed by atoms with Crippen LogP contribution in [0.2, 0.25) is 5.02 Å². The van der Waals surface area contributed by atoms with Gasteiger partial charge in [0.25, 0.3) is 0 Å². The van der Waals surface area contributed by atoms with Crippen LogP contribution in [-0.4, -0.2) is 5.78 Å². The highest BCUT2D eigenvalue weighted by atomic mass is 79.9. The van der Waals surface area contributed by atoms with E-state index in [0.717, 1.165) is 14.2 Å². The lowest BCUT2D eigenvalue weighted by molar-refractivity contribution is 0.104. The summed E-state index contributed by atoms with van der Waals surface area (Å²) >= 11 is 10.8. The Morgan fingerprint density at radius 2 is 2.06 bits per heavy atom. The molecule has 1 aromatic carbocycles. The van der Waals surface area contributed by atoms with Gasteiger partial charge in [0.15, 0.2) is 0 Å². The van der Waals surface area contributed by atoms with Gasteiger partial charge in [-0.05, 0) is 46.6 Å². The maximum Gasteiger partial charge on any atom is 0.203 e. The summed E-state index contributed by atoms with van der Waals surface area (Å²) in [4.78, 5) is 12.9. The van der Waals surface area contributed by atoms with Gasteiger partial charge in [0.1, 0.15) is 0 Å². The molecule has 0 aliphatic carbocycles. The van der Waals surface area contributed by atoms with Gasteiger partial charge in [-0.2, -0.15) is 0 Å². The van der Waals surface area contributed by atoms with Crippen molar-refractivity contribution in [2.45, 2.75) is 6.92 Å². The molecule has 2 aromatic rings. The van der Waals surface area contributed by atoms with Gasteiger partial charge < -0.3 is 0 Å². The molecule has 0 unspecified atom stereocenters. The van der Waals surface area contributed by atoms with Crippen LogP contribution in [0.15, 0.2) is 34.1 Å². The van der Waals surface area contributed by atoms with Gasteiger partial charge in [-0.25, -0.2) is 0 Å². The van der Waals surface area contributed by atoms with Gasteiger partial charge >= 0.3 is 0 Å². The number of hydrogen-bond donors (Lipinski definition) is 0. The molecule has 4 heteroatoms. The van der Waals surface area contributed by atoms with E-state index in [2.05, 4.69) is 15.9 Å². The molecule has 0 saturated heterocycles. The monoisotopic (exact) mass is 314 g/mol. The lowest BCUT2D eigenvalue weighted by Gasteiger charge is -2.04. The zero-order valence-electron chi connectivity index (χ0n) is 8.46. The third-order valence-corrected chi connectivity index (χ3v) is 4.34. The van der Waals surface area contributed by atoms with Gasteiger partial charge in [0.2, 0.25) is 5.78 Å². The van der Waals surface area contributed by atoms with Crippen molar-refractivity contribution in [3.8, 4) is 0 Å². The SMILES string of the molecule is Cc1c(Cl)cccc1C(=O)c1ccc(Br)s1. The van der Waals surface area contributed by atoms with Crippen molar-refractivity contribution in [2.75, 3.05) is 0 Å². The van der Waals surface area contributed by atoms with E-state index < -0.39 is 0 Å². The van der Waals surface area contributed by atoms with E-state index in [4.69, 9.17) is 11.6 Å². The van der Waals surface area contributed by atoms with E-state index >= 15 is 0 Å². The minimum Gasteiger partial charge on any atom is -0.288 e. The molecular formula is C12H8BrClOS. The number of hydrogen-bond acceptors (Lipinski definition) is 2. The molecule has 1 nitrogen and oxygen atoms in total. The van der Waals surface area contributed by atoms with E-state index in [0.29, 0.717) is 10.6 Å². The maximum atomic E-state index is 12.2. The molecule has 1 heterocycles. The molecule has 0 amide bonds. The lowest BCUT2D eigenvalue weighted by Crippen LogP contribution is -2.01. The summed E-state index contributed by atoms with van der Waals surface area (Å²) in [5, 5.41) is 0.626. The average molecular weight is 316 g/mol. The fourth-order valence-electron chi connectivity index (χ4n) is 1.42. The lowest BCUT2D eigenvalue weighted by atomic mass is 10.0. The van der Waals surface area contributed by atoms with Crippen molar-refractivity contribution in [1.82, 2.24) is 0 Å². The second-order valence-electron chi connectivity index (χ2n) is 3.35. The highest BCUT2D eigenvalue weighted by Gasteiger charge is 2.14. The maximum absolute atomic E-state index is 12.2. The molecule has 2 rings (SSSR count). The first kappa shape index (κ1) is 11.8. The van der Waals surface area contributed by atoms with Crippen LogP contribution in [-0.2, 0) is 0 Å². The number of carbonyl (C=O) groups excluding carboxylic acids is 1. The fraction of sp³-hybridized carbons (Fsp3) is 0.0833. The number of ketones is 1. The van der Waals surface area contributed by atoms with E-state index in [1.165, 1.54) is 11.3 Å². The molecule has 0 aliphatic rings. The largest absolute Gasteiger partial charge is 0.288 e. The Morgan fingerprint density at radius 3 is 2.69 bits per heavy atom. The van der Waals surface area contributed by atoms with Crippen molar-refractivity contribution in [3.63, 3.8) is 0 Å². The van der Waals surface area contributed by atoms with Gasteiger partial charge in [-0.1, -0.05) is 23.7 Å². The second kappa shape index (κ2) is 4.70. The Labute approximate surface area is 111 Å². The second-order valence-corrected chi connectivity index (χ2v) is 6.22. The normalized spacial score (nSPS) is 10.4. The van der Waals surface area contributed by atoms with E-state index in [9.17, 15) is 4.79 Å². The Hall–Kier alpha value is -0.640. The number of benzene rings is 1. The quantitative estimate of drug-likeness (QED) is 0.734. The summed E-state index contributed by atoms with van der Waals surface area (Å²) in [6.45, 7) is 1.86. The Kier molecular flexibility index (Phi) is 3.47. The van der Waals surface area contributed by atoms with E-state index in [1.807, 2.05) is 19.1 Å². The summed E-state index contributed by atoms with van der Waals surface area (Å²) in [7, 11) is 0. The summed E-state index contributed by atoms with van der Waals surface area (Å²) in [5.41, 5.74) is 1.50. The van der Waals surface area contributed by atoms with Crippen LogP contribution < -0.4 is 0 Å². The van der Waals surface area contributed by atoms with Crippen LogP contribution in [0.25, 0.3) is 0 Å². The van der Waals surface area contributed by atoms with Crippen LogP contribution >= 0.6 is 38.9 Å². The third-order valence-electron chi connectivity index (χ3n) is 2.31. The first-order valence-electron chi connectivity index (χ1n) is 4.65. The van der Waals surface area contributed by atoms with E-state index in [1.54, 1.807) is 18.2 Å². The van der Waals surface area contributed by atoms with Crippen LogP contribution in [0.4, 0.5) is 0 Å². The predicted molar refractivity (Wildman–Crippen MR) is 71.6 cm³/mol. The van der Waals surface area contributed by atoms with Crippen molar-refractivity contribution in [2.24, 2.45) is 0 Å². The molecular weight excluding hydrogens is 308 g/mol. The Balaban J connectivity index is 2.45. The Bertz CT molecular complexity index is 548. The van der Waals surface area contributed by atoms with Crippen LogP contribution in [0, 0.1) is 6.92 Å². The number of thiophene rings is 1. The summed E-state index contributed by atoms with van der Waals surface area (Å²) < 4.78 is 0.954. The number of rotatable bonds is 2. The fourth-order valence-corrected chi connectivity index (χ4v) is 2.94. The zero-order valence-corrected chi connectivity index (χ0v) is 11.6. The first-order chi connectivity index (χ1) is 7.59. The molecule has 0 aliphatic heterocycles. The topological polar surface area (TPSA) is 17.1 Å². The van der Waals surface area contributed by atoms with Crippen molar-refractivity contribution in [1.29, 1.82) is 0 Å². The van der Waals surface area contributed by atoms with Crippen LogP contribution in [0.3, 0.4) is 0 Å². The first-order valence-corrected chi connectivity index (χ1v) is 6.63. The smallest absolute Gasteiger partial charge is 0.203 e. The third kappa shape index (κ3) is 2.21. The van der Waals surface area contributed by atoms with Gasteiger partial charge in [0.05, 0.1) is 8.66 Å². The zero-order chi connectivity index (χ0) is 11.7. The summed E-state index contributed by atoms with van der Waals surface area (Å²) in [6.07, 6.45) is 0. The minimum atomic E-state index is 0.0238. The van der Waals surface area contributed by atoms with Crippen molar-refractivity contribution >= 4 is 44.7 Å². The molecule has 16 heavy (non-hydrogen) atoms. The molecule has 0 atom stereocenters. The summed E-state index contributed by atoms with van der Waals surface area (Å²) in [6, 6.07) is 9.08.